The van der Waals surface area contributed by atoms with Crippen molar-refractivity contribution in [2.45, 2.75) is 6.42 Å². The van der Waals surface area contributed by atoms with Gasteiger partial charge in [0.2, 0.25) is 0 Å². The summed E-state index contributed by atoms with van der Waals surface area (Å²) in [5.41, 5.74) is 0.855. The second-order valence-corrected chi connectivity index (χ2v) is 5.65. The Bertz CT molecular complexity index is 986. The summed E-state index contributed by atoms with van der Waals surface area (Å²) in [5.74, 6) is -0.0757. The number of benzene rings is 2. The minimum Gasteiger partial charge on any atom is -0.491 e. The first kappa shape index (κ1) is 17.5. The minimum absolute atomic E-state index is 0.198. The van der Waals surface area contributed by atoms with E-state index >= 15 is 0 Å². The van der Waals surface area contributed by atoms with Crippen LogP contribution < -0.4 is 15.6 Å². The Kier molecular flexibility index (Phi) is 5.17. The molecule has 26 heavy (non-hydrogen) atoms. The molecule has 0 aliphatic carbocycles. The molecule has 3 rings (SSSR count). The third kappa shape index (κ3) is 3.83. The number of carboxylic acid groups (broad SMARTS) is 1. The zero-order chi connectivity index (χ0) is 18.5. The molecule has 0 saturated carbocycles. The van der Waals surface area contributed by atoms with Crippen LogP contribution in [-0.4, -0.2) is 29.3 Å². The van der Waals surface area contributed by atoms with Gasteiger partial charge in [-0.3, -0.25) is 4.79 Å². The molecular formula is C19H17FN2O4. The van der Waals surface area contributed by atoms with Crippen LogP contribution in [0.25, 0.3) is 22.0 Å². The fraction of sp³-hybridized carbons (Fsp3) is 0.158. The van der Waals surface area contributed by atoms with Crippen LogP contribution in [-0.2, 0) is 0 Å². The second kappa shape index (κ2) is 7.69. The molecule has 0 atom stereocenters. The molecule has 2 aromatic carbocycles. The van der Waals surface area contributed by atoms with Gasteiger partial charge in [-0.05, 0) is 24.6 Å². The van der Waals surface area contributed by atoms with Gasteiger partial charge in [-0.15, -0.1) is 0 Å². The van der Waals surface area contributed by atoms with Crippen LogP contribution >= 0.6 is 0 Å². The van der Waals surface area contributed by atoms with Gasteiger partial charge in [0.1, 0.15) is 5.82 Å². The molecule has 0 unspecified atom stereocenters. The summed E-state index contributed by atoms with van der Waals surface area (Å²) >= 11 is 0. The largest absolute Gasteiger partial charge is 0.491 e. The predicted octanol–water partition coefficient (Wildman–Crippen LogP) is 3.37. The van der Waals surface area contributed by atoms with E-state index in [2.05, 4.69) is 10.3 Å². The standard InChI is InChI=1S/C19H17FN2O4/c20-13-7-8-14-15(11-13)18(23)22-16(12-5-2-1-3-6-12)17(14)26-10-4-9-21-19(24)25/h1-3,5-8,11,21H,4,9-10H2,(H,22,23)(H,24,25). The van der Waals surface area contributed by atoms with Crippen molar-refractivity contribution in [2.75, 3.05) is 13.2 Å². The number of amides is 1. The van der Waals surface area contributed by atoms with Gasteiger partial charge in [0.25, 0.3) is 5.56 Å². The molecule has 6 nitrogen and oxygen atoms in total. The van der Waals surface area contributed by atoms with Gasteiger partial charge >= 0.3 is 6.09 Å². The Hall–Kier alpha value is -3.35. The third-order valence-electron chi connectivity index (χ3n) is 3.84. The number of aromatic nitrogens is 1. The van der Waals surface area contributed by atoms with Crippen molar-refractivity contribution >= 4 is 16.9 Å². The highest BCUT2D eigenvalue weighted by Crippen LogP contribution is 2.33. The van der Waals surface area contributed by atoms with Crippen molar-refractivity contribution in [1.82, 2.24) is 10.3 Å². The highest BCUT2D eigenvalue weighted by atomic mass is 19.1. The van der Waals surface area contributed by atoms with E-state index in [1.807, 2.05) is 30.3 Å². The van der Waals surface area contributed by atoms with Gasteiger partial charge < -0.3 is 20.1 Å². The molecule has 3 N–H and O–H groups in total. The molecule has 1 heterocycles. The van der Waals surface area contributed by atoms with E-state index in [4.69, 9.17) is 9.84 Å². The van der Waals surface area contributed by atoms with Crippen LogP contribution in [0.3, 0.4) is 0 Å². The fourth-order valence-corrected chi connectivity index (χ4v) is 2.67. The number of hydrogen-bond acceptors (Lipinski definition) is 3. The Labute approximate surface area is 148 Å². The maximum Gasteiger partial charge on any atom is 0.404 e. The number of rotatable bonds is 6. The molecule has 134 valence electrons. The topological polar surface area (TPSA) is 91.4 Å². The number of H-pyrrole nitrogens is 1. The maximum absolute atomic E-state index is 13.5. The van der Waals surface area contributed by atoms with Crippen molar-refractivity contribution in [2.24, 2.45) is 0 Å². The summed E-state index contributed by atoms with van der Waals surface area (Å²) < 4.78 is 19.4. The lowest BCUT2D eigenvalue weighted by atomic mass is 10.1. The van der Waals surface area contributed by atoms with Gasteiger partial charge in [-0.1, -0.05) is 30.3 Å². The molecule has 1 aromatic heterocycles. The van der Waals surface area contributed by atoms with Crippen LogP contribution in [0.15, 0.2) is 53.3 Å². The summed E-state index contributed by atoms with van der Waals surface area (Å²) in [4.78, 5) is 25.6. The van der Waals surface area contributed by atoms with Crippen molar-refractivity contribution in [1.29, 1.82) is 0 Å². The fourth-order valence-electron chi connectivity index (χ4n) is 2.67. The average molecular weight is 356 g/mol. The molecular weight excluding hydrogens is 339 g/mol. The number of pyridine rings is 1. The van der Waals surface area contributed by atoms with E-state index in [-0.39, 0.29) is 18.5 Å². The molecule has 7 heteroatoms. The van der Waals surface area contributed by atoms with Crippen LogP contribution in [0.1, 0.15) is 6.42 Å². The van der Waals surface area contributed by atoms with E-state index in [0.717, 1.165) is 5.56 Å². The first-order valence-corrected chi connectivity index (χ1v) is 8.07. The smallest absolute Gasteiger partial charge is 0.404 e. The molecule has 0 bridgehead atoms. The molecule has 0 fully saturated rings. The second-order valence-electron chi connectivity index (χ2n) is 5.65. The van der Waals surface area contributed by atoms with E-state index in [1.165, 1.54) is 18.2 Å². The lowest BCUT2D eigenvalue weighted by Gasteiger charge is -2.14. The number of aromatic amines is 1. The zero-order valence-electron chi connectivity index (χ0n) is 13.8. The Morgan fingerprint density at radius 1 is 1.15 bits per heavy atom. The first-order chi connectivity index (χ1) is 12.6. The van der Waals surface area contributed by atoms with E-state index < -0.39 is 17.5 Å². The summed E-state index contributed by atoms with van der Waals surface area (Å²) in [7, 11) is 0. The normalized spacial score (nSPS) is 10.7. The summed E-state index contributed by atoms with van der Waals surface area (Å²) in [6, 6.07) is 13.1. The summed E-state index contributed by atoms with van der Waals surface area (Å²) in [6.07, 6.45) is -0.651. The summed E-state index contributed by atoms with van der Waals surface area (Å²) in [6.45, 7) is 0.477. The van der Waals surface area contributed by atoms with Crippen molar-refractivity contribution in [3.63, 3.8) is 0 Å². The van der Waals surface area contributed by atoms with Gasteiger partial charge in [0.15, 0.2) is 5.75 Å². The Morgan fingerprint density at radius 2 is 1.92 bits per heavy atom. The van der Waals surface area contributed by atoms with E-state index in [9.17, 15) is 14.0 Å². The molecule has 0 spiro atoms. The van der Waals surface area contributed by atoms with Crippen LogP contribution in [0.5, 0.6) is 5.75 Å². The molecule has 1 amide bonds. The quantitative estimate of drug-likeness (QED) is 0.591. The van der Waals surface area contributed by atoms with Crippen molar-refractivity contribution in [3.05, 3.63) is 64.7 Å². The van der Waals surface area contributed by atoms with Gasteiger partial charge in [-0.25, -0.2) is 9.18 Å². The lowest BCUT2D eigenvalue weighted by molar-refractivity contribution is 0.193. The van der Waals surface area contributed by atoms with Crippen molar-refractivity contribution in [3.8, 4) is 17.0 Å². The van der Waals surface area contributed by atoms with E-state index in [1.54, 1.807) is 0 Å². The summed E-state index contributed by atoms with van der Waals surface area (Å²) in [5, 5.41) is 11.6. The number of hydrogen-bond donors (Lipinski definition) is 3. The highest BCUT2D eigenvalue weighted by Gasteiger charge is 2.15. The van der Waals surface area contributed by atoms with E-state index in [0.29, 0.717) is 23.3 Å². The molecule has 3 aromatic rings. The molecule has 0 aliphatic rings. The highest BCUT2D eigenvalue weighted by molar-refractivity contribution is 5.92. The first-order valence-electron chi connectivity index (χ1n) is 8.07. The van der Waals surface area contributed by atoms with Gasteiger partial charge in [0.05, 0.1) is 17.7 Å². The number of ether oxygens (including phenoxy) is 1. The SMILES string of the molecule is O=C(O)NCCCOc1c(-c2ccccc2)[nH]c(=O)c2cc(F)ccc12. The van der Waals surface area contributed by atoms with Crippen molar-refractivity contribution < 1.29 is 19.0 Å². The van der Waals surface area contributed by atoms with Crippen LogP contribution in [0.2, 0.25) is 0 Å². The monoisotopic (exact) mass is 356 g/mol. The zero-order valence-corrected chi connectivity index (χ0v) is 13.8. The molecule has 0 saturated heterocycles. The lowest BCUT2D eigenvalue weighted by Crippen LogP contribution is -2.23. The Balaban J connectivity index is 2.00. The number of fused-ring (bicyclic) bond motifs is 1. The predicted molar refractivity (Wildman–Crippen MR) is 96.1 cm³/mol. The van der Waals surface area contributed by atoms with Gasteiger partial charge in [-0.2, -0.15) is 0 Å². The Morgan fingerprint density at radius 3 is 2.65 bits per heavy atom. The molecule has 0 aliphatic heterocycles. The minimum atomic E-state index is -1.10. The number of halogens is 1. The average Bonchev–Trinajstić information content (AvgIpc) is 2.63. The number of carbonyl (C=O) groups is 1. The molecule has 0 radical (unpaired) electrons. The third-order valence-corrected chi connectivity index (χ3v) is 3.84. The van der Waals surface area contributed by atoms with Crippen LogP contribution in [0.4, 0.5) is 9.18 Å². The van der Waals surface area contributed by atoms with Gasteiger partial charge in [0, 0.05) is 17.5 Å². The number of nitrogens with one attached hydrogen (secondary N) is 2. The maximum atomic E-state index is 13.5. The van der Waals surface area contributed by atoms with Crippen LogP contribution in [0, 0.1) is 5.82 Å².